The van der Waals surface area contributed by atoms with Gasteiger partial charge in [0.15, 0.2) is 0 Å². The summed E-state index contributed by atoms with van der Waals surface area (Å²) in [4.78, 5) is 12.0. The molecule has 2 rings (SSSR count). The van der Waals surface area contributed by atoms with Gasteiger partial charge in [0.25, 0.3) is 0 Å². The summed E-state index contributed by atoms with van der Waals surface area (Å²) in [7, 11) is 0. The van der Waals surface area contributed by atoms with Crippen LogP contribution in [0, 0.1) is 0 Å². The second kappa shape index (κ2) is 5.53. The highest BCUT2D eigenvalue weighted by molar-refractivity contribution is 6.06. The fourth-order valence-corrected chi connectivity index (χ4v) is 2.08. The molecule has 3 nitrogen and oxygen atoms in total. The molecule has 0 fully saturated rings. The summed E-state index contributed by atoms with van der Waals surface area (Å²) < 4.78 is 11.1. The van der Waals surface area contributed by atoms with Gasteiger partial charge >= 0.3 is 5.97 Å². The smallest absolute Gasteiger partial charge is 0.338 e. The Balaban J connectivity index is 2.55. The fourth-order valence-electron chi connectivity index (χ4n) is 2.08. The molecule has 20 heavy (non-hydrogen) atoms. The number of rotatable bonds is 3. The van der Waals surface area contributed by atoms with Crippen LogP contribution in [0.1, 0.15) is 38.1 Å². The highest BCUT2D eigenvalue weighted by Gasteiger charge is 2.17. The van der Waals surface area contributed by atoms with E-state index < -0.39 is 0 Å². The van der Waals surface area contributed by atoms with Crippen molar-refractivity contribution in [2.45, 2.75) is 33.3 Å². The minimum absolute atomic E-state index is 0.284. The number of ether oxygens (including phenoxy) is 2. The molecule has 0 N–H and O–H groups in total. The van der Waals surface area contributed by atoms with E-state index in [9.17, 15) is 4.79 Å². The molecule has 0 aliphatic rings. The van der Waals surface area contributed by atoms with Crippen LogP contribution in [-0.2, 0) is 4.74 Å². The third-order valence-corrected chi connectivity index (χ3v) is 2.80. The first-order valence-corrected chi connectivity index (χ1v) is 6.80. The number of carbonyl (C=O) groups excluding carboxylic acids is 1. The Morgan fingerprint density at radius 2 is 1.70 bits per heavy atom. The van der Waals surface area contributed by atoms with E-state index in [4.69, 9.17) is 9.47 Å². The van der Waals surface area contributed by atoms with E-state index in [0.717, 1.165) is 16.5 Å². The molecule has 0 amide bonds. The number of carbonyl (C=O) groups is 1. The summed E-state index contributed by atoms with van der Waals surface area (Å²) in [6, 6.07) is 11.3. The Morgan fingerprint density at radius 1 is 1.05 bits per heavy atom. The third kappa shape index (κ3) is 3.10. The average Bonchev–Trinajstić information content (AvgIpc) is 2.37. The van der Waals surface area contributed by atoms with Gasteiger partial charge in [-0.3, -0.25) is 0 Å². The Hall–Kier alpha value is -2.03. The Bertz CT molecular complexity index is 624. The summed E-state index contributed by atoms with van der Waals surface area (Å²) in [5, 5.41) is 1.78. The molecule has 0 unspecified atom stereocenters. The molecule has 106 valence electrons. The van der Waals surface area contributed by atoms with Gasteiger partial charge in [-0.05, 0) is 45.2 Å². The van der Waals surface area contributed by atoms with Crippen LogP contribution in [0.4, 0.5) is 0 Å². The highest BCUT2D eigenvalue weighted by atomic mass is 16.5. The van der Waals surface area contributed by atoms with Crippen LogP contribution in [0.3, 0.4) is 0 Å². The first kappa shape index (κ1) is 14.4. The molecular weight excluding hydrogens is 252 g/mol. The van der Waals surface area contributed by atoms with Crippen LogP contribution >= 0.6 is 0 Å². The maximum absolute atomic E-state index is 12.0. The lowest BCUT2D eigenvalue weighted by atomic mass is 10.0. The van der Waals surface area contributed by atoms with Gasteiger partial charge in [-0.15, -0.1) is 0 Å². The maximum atomic E-state index is 12.0. The normalized spacial score (nSPS) is 11.4. The van der Waals surface area contributed by atoms with Crippen LogP contribution in [0.15, 0.2) is 36.4 Å². The fraction of sp³-hybridized carbons (Fsp3) is 0.353. The molecule has 0 heterocycles. The van der Waals surface area contributed by atoms with Crippen molar-refractivity contribution in [3.63, 3.8) is 0 Å². The van der Waals surface area contributed by atoms with Crippen molar-refractivity contribution < 1.29 is 14.3 Å². The zero-order valence-electron chi connectivity index (χ0n) is 12.4. The van der Waals surface area contributed by atoms with E-state index in [1.165, 1.54) is 0 Å². The first-order valence-electron chi connectivity index (χ1n) is 6.80. The second-order valence-corrected chi connectivity index (χ2v) is 5.59. The Labute approximate surface area is 119 Å². The lowest BCUT2D eigenvalue weighted by molar-refractivity contribution is 0.0528. The quantitative estimate of drug-likeness (QED) is 0.786. The van der Waals surface area contributed by atoms with E-state index >= 15 is 0 Å². The molecule has 2 aromatic carbocycles. The molecule has 0 atom stereocenters. The van der Waals surface area contributed by atoms with Crippen molar-refractivity contribution in [2.75, 3.05) is 6.61 Å². The molecule has 0 bridgehead atoms. The van der Waals surface area contributed by atoms with Gasteiger partial charge in [0.05, 0.1) is 12.2 Å². The topological polar surface area (TPSA) is 35.5 Å². The predicted molar refractivity (Wildman–Crippen MR) is 80.3 cm³/mol. The van der Waals surface area contributed by atoms with Crippen molar-refractivity contribution in [2.24, 2.45) is 0 Å². The first-order chi connectivity index (χ1) is 9.42. The molecule has 0 saturated carbocycles. The monoisotopic (exact) mass is 272 g/mol. The number of fused-ring (bicyclic) bond motifs is 1. The van der Waals surface area contributed by atoms with Gasteiger partial charge in [-0.1, -0.05) is 24.3 Å². The molecule has 3 heteroatoms. The number of esters is 1. The van der Waals surface area contributed by atoms with Gasteiger partial charge in [0.2, 0.25) is 0 Å². The molecule has 0 aliphatic carbocycles. The molecule has 0 aromatic heterocycles. The van der Waals surface area contributed by atoms with Crippen LogP contribution < -0.4 is 4.74 Å². The van der Waals surface area contributed by atoms with Crippen molar-refractivity contribution >= 4 is 16.7 Å². The SMILES string of the molecule is CCOC(=O)c1ccc(OC(C)(C)C)c2ccccc12. The van der Waals surface area contributed by atoms with Crippen molar-refractivity contribution in [1.29, 1.82) is 0 Å². The zero-order valence-corrected chi connectivity index (χ0v) is 12.4. The number of hydrogen-bond acceptors (Lipinski definition) is 3. The Morgan fingerprint density at radius 3 is 2.30 bits per heavy atom. The van der Waals surface area contributed by atoms with Gasteiger partial charge in [0, 0.05) is 5.39 Å². The van der Waals surface area contributed by atoms with Crippen molar-refractivity contribution in [3.05, 3.63) is 42.0 Å². The largest absolute Gasteiger partial charge is 0.488 e. The summed E-state index contributed by atoms with van der Waals surface area (Å²) >= 11 is 0. The van der Waals surface area contributed by atoms with Crippen molar-refractivity contribution in [3.8, 4) is 5.75 Å². The zero-order chi connectivity index (χ0) is 14.8. The van der Waals surface area contributed by atoms with E-state index in [-0.39, 0.29) is 11.6 Å². The maximum Gasteiger partial charge on any atom is 0.338 e. The molecule has 0 saturated heterocycles. The molecular formula is C17H20O3. The van der Waals surface area contributed by atoms with Crippen LogP contribution in [0.2, 0.25) is 0 Å². The predicted octanol–water partition coefficient (Wildman–Crippen LogP) is 4.19. The second-order valence-electron chi connectivity index (χ2n) is 5.59. The van der Waals surface area contributed by atoms with E-state index in [1.54, 1.807) is 13.0 Å². The summed E-state index contributed by atoms with van der Waals surface area (Å²) in [6.07, 6.45) is 0. The average molecular weight is 272 g/mol. The summed E-state index contributed by atoms with van der Waals surface area (Å²) in [6.45, 7) is 8.17. The summed E-state index contributed by atoms with van der Waals surface area (Å²) in [5.74, 6) is 0.479. The van der Waals surface area contributed by atoms with Crippen LogP contribution in [0.25, 0.3) is 10.8 Å². The lowest BCUT2D eigenvalue weighted by Gasteiger charge is -2.23. The van der Waals surface area contributed by atoms with Gasteiger partial charge < -0.3 is 9.47 Å². The minimum atomic E-state index is -0.300. The molecule has 0 radical (unpaired) electrons. The lowest BCUT2D eigenvalue weighted by Crippen LogP contribution is -2.23. The van der Waals surface area contributed by atoms with Crippen molar-refractivity contribution in [1.82, 2.24) is 0 Å². The van der Waals surface area contributed by atoms with Crippen LogP contribution in [-0.4, -0.2) is 18.2 Å². The molecule has 0 spiro atoms. The molecule has 2 aromatic rings. The van der Waals surface area contributed by atoms with Gasteiger partial charge in [-0.2, -0.15) is 0 Å². The van der Waals surface area contributed by atoms with Gasteiger partial charge in [0.1, 0.15) is 11.4 Å². The third-order valence-electron chi connectivity index (χ3n) is 2.80. The number of hydrogen-bond donors (Lipinski definition) is 0. The molecule has 0 aliphatic heterocycles. The summed E-state index contributed by atoms with van der Waals surface area (Å²) in [5.41, 5.74) is 0.289. The van der Waals surface area contributed by atoms with Gasteiger partial charge in [-0.25, -0.2) is 4.79 Å². The van der Waals surface area contributed by atoms with E-state index in [0.29, 0.717) is 12.2 Å². The Kier molecular flexibility index (Phi) is 3.98. The number of benzene rings is 2. The minimum Gasteiger partial charge on any atom is -0.488 e. The van der Waals surface area contributed by atoms with Crippen LogP contribution in [0.5, 0.6) is 5.75 Å². The standard InChI is InChI=1S/C17H20O3/c1-5-19-16(18)14-10-11-15(20-17(2,3)4)13-9-7-6-8-12(13)14/h6-11H,5H2,1-4H3. The van der Waals surface area contributed by atoms with E-state index in [2.05, 4.69) is 0 Å². The highest BCUT2D eigenvalue weighted by Crippen LogP contribution is 2.31. The van der Waals surface area contributed by atoms with E-state index in [1.807, 2.05) is 51.1 Å².